The van der Waals surface area contributed by atoms with Gasteiger partial charge in [-0.05, 0) is 18.1 Å². The number of fused-ring (bicyclic) bond motifs is 1. The third kappa shape index (κ3) is 3.99. The van der Waals surface area contributed by atoms with Crippen LogP contribution in [0.25, 0.3) is 10.9 Å². The number of carbonyl (C=O) groups is 1. The minimum Gasteiger partial charge on any atom is -0.464 e. The molecule has 0 bridgehead atoms. The van der Waals surface area contributed by atoms with Crippen LogP contribution in [-0.2, 0) is 16.0 Å². The fourth-order valence-corrected chi connectivity index (χ4v) is 2.00. The number of H-pyrrole nitrogens is 1. The van der Waals surface area contributed by atoms with Gasteiger partial charge in [0, 0.05) is 23.1 Å². The standard InChI is InChI=1S/C15H20N2O2.ClH/c1-10(2)15(18)19-9-12(16)7-11-8-17-14-6-4-3-5-13(11)14;/h3-6,8,10,12,17H,7,9,16H2,1-2H3;1H/t12-;/m0./s1. The number of rotatable bonds is 5. The fourth-order valence-electron chi connectivity index (χ4n) is 2.00. The lowest BCUT2D eigenvalue weighted by Gasteiger charge is -2.13. The molecule has 0 spiro atoms. The molecule has 0 aliphatic carbocycles. The Morgan fingerprint density at radius 1 is 1.35 bits per heavy atom. The lowest BCUT2D eigenvalue weighted by atomic mass is 10.1. The van der Waals surface area contributed by atoms with Crippen molar-refractivity contribution in [2.24, 2.45) is 11.7 Å². The zero-order chi connectivity index (χ0) is 13.8. The van der Waals surface area contributed by atoms with E-state index in [0.29, 0.717) is 6.42 Å². The second-order valence-electron chi connectivity index (χ2n) is 5.11. The van der Waals surface area contributed by atoms with Crippen LogP contribution in [0.3, 0.4) is 0 Å². The number of hydrogen-bond donors (Lipinski definition) is 2. The third-order valence-corrected chi connectivity index (χ3v) is 3.07. The van der Waals surface area contributed by atoms with Gasteiger partial charge in [-0.1, -0.05) is 32.0 Å². The van der Waals surface area contributed by atoms with E-state index < -0.39 is 0 Å². The number of nitrogens with one attached hydrogen (secondary N) is 1. The molecule has 0 fully saturated rings. The number of benzene rings is 1. The smallest absolute Gasteiger partial charge is 0.308 e. The first kappa shape index (κ1) is 16.5. The summed E-state index contributed by atoms with van der Waals surface area (Å²) in [5.41, 5.74) is 8.27. The molecule has 5 heteroatoms. The summed E-state index contributed by atoms with van der Waals surface area (Å²) in [6.07, 6.45) is 2.66. The van der Waals surface area contributed by atoms with Crippen molar-refractivity contribution >= 4 is 29.3 Å². The van der Waals surface area contributed by atoms with Crippen molar-refractivity contribution in [3.8, 4) is 0 Å². The molecule has 1 aromatic heterocycles. The van der Waals surface area contributed by atoms with Gasteiger partial charge in [0.1, 0.15) is 6.61 Å². The minimum atomic E-state index is -0.200. The number of aromatic amines is 1. The Morgan fingerprint density at radius 2 is 2.05 bits per heavy atom. The third-order valence-electron chi connectivity index (χ3n) is 3.07. The van der Waals surface area contributed by atoms with E-state index >= 15 is 0 Å². The number of nitrogens with two attached hydrogens (primary N) is 1. The maximum absolute atomic E-state index is 11.4. The van der Waals surface area contributed by atoms with E-state index in [1.165, 1.54) is 5.39 Å². The van der Waals surface area contributed by atoms with Crippen LogP contribution in [0.15, 0.2) is 30.5 Å². The number of ether oxygens (including phenoxy) is 1. The molecule has 1 aromatic carbocycles. The molecule has 0 saturated heterocycles. The molecular weight excluding hydrogens is 276 g/mol. The van der Waals surface area contributed by atoms with Crippen molar-refractivity contribution < 1.29 is 9.53 Å². The normalized spacial score (nSPS) is 12.2. The quantitative estimate of drug-likeness (QED) is 0.834. The van der Waals surface area contributed by atoms with Crippen molar-refractivity contribution in [3.63, 3.8) is 0 Å². The second kappa shape index (κ2) is 7.31. The lowest BCUT2D eigenvalue weighted by Crippen LogP contribution is -2.30. The summed E-state index contributed by atoms with van der Waals surface area (Å²) in [7, 11) is 0. The van der Waals surface area contributed by atoms with Gasteiger partial charge in [0.25, 0.3) is 0 Å². The molecule has 3 N–H and O–H groups in total. The Labute approximate surface area is 125 Å². The van der Waals surface area contributed by atoms with Gasteiger partial charge in [0.15, 0.2) is 0 Å². The highest BCUT2D eigenvalue weighted by molar-refractivity contribution is 5.85. The summed E-state index contributed by atoms with van der Waals surface area (Å²) < 4.78 is 5.15. The van der Waals surface area contributed by atoms with Gasteiger partial charge in [-0.2, -0.15) is 0 Å². The van der Waals surface area contributed by atoms with Crippen LogP contribution in [0, 0.1) is 5.92 Å². The molecule has 2 aromatic rings. The molecule has 1 atom stereocenters. The van der Waals surface area contributed by atoms with Crippen molar-refractivity contribution in [2.45, 2.75) is 26.3 Å². The highest BCUT2D eigenvalue weighted by Crippen LogP contribution is 2.18. The van der Waals surface area contributed by atoms with Gasteiger partial charge in [-0.3, -0.25) is 4.79 Å². The lowest BCUT2D eigenvalue weighted by molar-refractivity contribution is -0.147. The molecule has 1 heterocycles. The van der Waals surface area contributed by atoms with Crippen LogP contribution in [0.4, 0.5) is 0 Å². The van der Waals surface area contributed by atoms with Crippen molar-refractivity contribution in [1.82, 2.24) is 4.98 Å². The average molecular weight is 297 g/mol. The SMILES string of the molecule is CC(C)C(=O)OC[C@@H](N)Cc1c[nH]c2ccccc12.Cl. The van der Waals surface area contributed by atoms with Gasteiger partial charge >= 0.3 is 5.97 Å². The van der Waals surface area contributed by atoms with Crippen LogP contribution in [0.1, 0.15) is 19.4 Å². The van der Waals surface area contributed by atoms with Crippen LogP contribution in [0.2, 0.25) is 0 Å². The van der Waals surface area contributed by atoms with E-state index in [9.17, 15) is 4.79 Å². The first-order valence-electron chi connectivity index (χ1n) is 6.55. The van der Waals surface area contributed by atoms with Gasteiger partial charge in [0.05, 0.1) is 5.92 Å². The number of esters is 1. The molecule has 20 heavy (non-hydrogen) atoms. The molecule has 4 nitrogen and oxygen atoms in total. The summed E-state index contributed by atoms with van der Waals surface area (Å²) in [6.45, 7) is 3.89. The van der Waals surface area contributed by atoms with Gasteiger partial charge < -0.3 is 15.5 Å². The number of carbonyl (C=O) groups excluding carboxylic acids is 1. The molecule has 0 aliphatic rings. The molecular formula is C15H21ClN2O2. The van der Waals surface area contributed by atoms with E-state index in [-0.39, 0.29) is 36.9 Å². The fraction of sp³-hybridized carbons (Fsp3) is 0.400. The summed E-state index contributed by atoms with van der Waals surface area (Å²) in [5, 5.41) is 1.17. The predicted molar refractivity (Wildman–Crippen MR) is 83.0 cm³/mol. The topological polar surface area (TPSA) is 68.1 Å². The molecule has 0 unspecified atom stereocenters. The van der Waals surface area contributed by atoms with Crippen LogP contribution < -0.4 is 5.73 Å². The Hall–Kier alpha value is -1.52. The molecule has 0 aliphatic heterocycles. The summed E-state index contributed by atoms with van der Waals surface area (Å²) >= 11 is 0. The minimum absolute atomic E-state index is 0. The summed E-state index contributed by atoms with van der Waals surface area (Å²) in [6, 6.07) is 7.91. The van der Waals surface area contributed by atoms with E-state index in [2.05, 4.69) is 11.1 Å². The van der Waals surface area contributed by atoms with Crippen LogP contribution in [0.5, 0.6) is 0 Å². The number of para-hydroxylation sites is 1. The zero-order valence-electron chi connectivity index (χ0n) is 11.8. The van der Waals surface area contributed by atoms with Crippen LogP contribution in [-0.4, -0.2) is 23.6 Å². The monoisotopic (exact) mass is 296 g/mol. The Balaban J connectivity index is 0.00000200. The average Bonchev–Trinajstić information content (AvgIpc) is 2.79. The second-order valence-corrected chi connectivity index (χ2v) is 5.11. The maximum atomic E-state index is 11.4. The van der Waals surface area contributed by atoms with Gasteiger partial charge in [-0.15, -0.1) is 12.4 Å². The molecule has 0 saturated carbocycles. The Morgan fingerprint density at radius 3 is 2.75 bits per heavy atom. The molecule has 2 rings (SSSR count). The molecule has 0 radical (unpaired) electrons. The summed E-state index contributed by atoms with van der Waals surface area (Å²) in [4.78, 5) is 14.6. The first-order chi connectivity index (χ1) is 9.08. The number of hydrogen-bond acceptors (Lipinski definition) is 3. The van der Waals surface area contributed by atoms with Crippen molar-refractivity contribution in [2.75, 3.05) is 6.61 Å². The van der Waals surface area contributed by atoms with E-state index in [1.54, 1.807) is 0 Å². The largest absolute Gasteiger partial charge is 0.464 e. The van der Waals surface area contributed by atoms with Gasteiger partial charge in [-0.25, -0.2) is 0 Å². The first-order valence-corrected chi connectivity index (χ1v) is 6.55. The number of aromatic nitrogens is 1. The van der Waals surface area contributed by atoms with E-state index in [4.69, 9.17) is 10.5 Å². The highest BCUT2D eigenvalue weighted by atomic mass is 35.5. The Bertz CT molecular complexity index is 566. The molecule has 0 amide bonds. The van der Waals surface area contributed by atoms with Crippen LogP contribution >= 0.6 is 12.4 Å². The van der Waals surface area contributed by atoms with E-state index in [0.717, 1.165) is 11.1 Å². The molecule has 110 valence electrons. The number of halogens is 1. The highest BCUT2D eigenvalue weighted by Gasteiger charge is 2.13. The van der Waals surface area contributed by atoms with Gasteiger partial charge in [0.2, 0.25) is 0 Å². The zero-order valence-corrected chi connectivity index (χ0v) is 12.6. The van der Waals surface area contributed by atoms with E-state index in [1.807, 2.05) is 38.2 Å². The maximum Gasteiger partial charge on any atom is 0.308 e. The van der Waals surface area contributed by atoms with Crippen molar-refractivity contribution in [3.05, 3.63) is 36.0 Å². The van der Waals surface area contributed by atoms with Crippen molar-refractivity contribution in [1.29, 1.82) is 0 Å². The summed E-state index contributed by atoms with van der Waals surface area (Å²) in [5.74, 6) is -0.310. The Kier molecular flexibility index (Phi) is 6.05. The predicted octanol–water partition coefficient (Wildman–Crippen LogP) is 2.66.